The summed E-state index contributed by atoms with van der Waals surface area (Å²) in [6.45, 7) is 6.95. The number of hydrogen-bond acceptors (Lipinski definition) is 6. The second-order valence-electron chi connectivity index (χ2n) is 11.4. The number of nitrogens with zero attached hydrogens (tertiary/aromatic N) is 4. The van der Waals surface area contributed by atoms with Gasteiger partial charge in [-0.25, -0.2) is 22.0 Å². The van der Waals surface area contributed by atoms with Crippen molar-refractivity contribution in [1.82, 2.24) is 19.0 Å². The number of benzene rings is 1. The van der Waals surface area contributed by atoms with Crippen LogP contribution in [0, 0.1) is 17.6 Å². The monoisotopic (exact) mass is 538 g/mol. The van der Waals surface area contributed by atoms with Crippen LogP contribution >= 0.6 is 0 Å². The molecular weight excluding hydrogens is 506 g/mol. The number of carboxylic acid groups (broad SMARTS) is 1. The zero-order chi connectivity index (χ0) is 26.9. The fraction of sp³-hybridized carbons (Fsp3) is 0.600. The van der Waals surface area contributed by atoms with Crippen LogP contribution in [0.1, 0.15) is 56.0 Å². The molecule has 1 aromatic heterocycles. The molecule has 3 aliphatic rings. The van der Waals surface area contributed by atoms with Crippen LogP contribution in [0.2, 0.25) is 0 Å². The van der Waals surface area contributed by atoms with E-state index in [4.69, 9.17) is 4.74 Å². The van der Waals surface area contributed by atoms with Gasteiger partial charge in [-0.2, -0.15) is 9.19 Å². The number of hydrogen-bond donors (Lipinski definition) is 1. The second-order valence-corrected chi connectivity index (χ2v) is 13.2. The van der Waals surface area contributed by atoms with Gasteiger partial charge < -0.3 is 9.84 Å². The van der Waals surface area contributed by atoms with Gasteiger partial charge in [-0.15, -0.1) is 0 Å². The maximum atomic E-state index is 14.8. The molecule has 1 aromatic carbocycles. The molecule has 5 atom stereocenters. The number of likely N-dealkylation sites (tertiary alicyclic amines) is 1. The highest BCUT2D eigenvalue weighted by molar-refractivity contribution is 7.89. The lowest BCUT2D eigenvalue weighted by molar-refractivity contribution is -0.0991. The van der Waals surface area contributed by atoms with Crippen LogP contribution in [-0.4, -0.2) is 82.2 Å². The zero-order valence-electron chi connectivity index (χ0n) is 21.3. The van der Waals surface area contributed by atoms with Crippen LogP contribution in [0.25, 0.3) is 0 Å². The quantitative estimate of drug-likeness (QED) is 0.637. The smallest absolute Gasteiger partial charge is 0.408 e. The first-order valence-corrected chi connectivity index (χ1v) is 14.2. The van der Waals surface area contributed by atoms with E-state index >= 15 is 0 Å². The molecule has 2 unspecified atom stereocenters. The molecule has 2 saturated heterocycles. The summed E-state index contributed by atoms with van der Waals surface area (Å²) in [4.78, 5) is 16.0. The summed E-state index contributed by atoms with van der Waals surface area (Å²) in [6.07, 6.45) is 1.68. The summed E-state index contributed by atoms with van der Waals surface area (Å²) in [5, 5.41) is 14.4. The van der Waals surface area contributed by atoms with Crippen molar-refractivity contribution in [3.63, 3.8) is 0 Å². The molecule has 1 amide bonds. The van der Waals surface area contributed by atoms with Gasteiger partial charge in [0.1, 0.15) is 17.7 Å². The molecule has 0 spiro atoms. The molecule has 1 aliphatic carbocycles. The van der Waals surface area contributed by atoms with Gasteiger partial charge in [0.25, 0.3) is 10.0 Å². The maximum absolute atomic E-state index is 14.8. The Bertz CT molecular complexity index is 1320. The molecule has 37 heavy (non-hydrogen) atoms. The molecular formula is C25H32F2N4O5S. The van der Waals surface area contributed by atoms with Crippen molar-refractivity contribution in [3.8, 4) is 0 Å². The van der Waals surface area contributed by atoms with Crippen molar-refractivity contribution < 1.29 is 31.8 Å². The first kappa shape index (κ1) is 26.1. The summed E-state index contributed by atoms with van der Waals surface area (Å²) >= 11 is 0. The van der Waals surface area contributed by atoms with Crippen LogP contribution in [0.5, 0.6) is 0 Å². The van der Waals surface area contributed by atoms with E-state index in [1.807, 2.05) is 0 Å². The Morgan fingerprint density at radius 3 is 2.59 bits per heavy atom. The van der Waals surface area contributed by atoms with E-state index in [1.54, 1.807) is 27.0 Å². The average Bonchev–Trinajstić information content (AvgIpc) is 3.45. The van der Waals surface area contributed by atoms with Gasteiger partial charge in [-0.05, 0) is 63.3 Å². The number of amides is 1. The lowest BCUT2D eigenvalue weighted by Crippen LogP contribution is -2.58. The zero-order valence-corrected chi connectivity index (χ0v) is 22.1. The fourth-order valence-electron chi connectivity index (χ4n) is 6.30. The van der Waals surface area contributed by atoms with Gasteiger partial charge in [-0.1, -0.05) is 0 Å². The number of aromatic nitrogens is 2. The Labute approximate surface area is 215 Å². The predicted molar refractivity (Wildman–Crippen MR) is 131 cm³/mol. The van der Waals surface area contributed by atoms with E-state index in [0.29, 0.717) is 19.4 Å². The molecule has 0 radical (unpaired) electrons. The molecule has 3 heterocycles. The predicted octanol–water partition coefficient (Wildman–Crippen LogP) is 3.22. The lowest BCUT2D eigenvalue weighted by Gasteiger charge is -2.48. The molecule has 2 aromatic rings. The van der Waals surface area contributed by atoms with Gasteiger partial charge in [-0.3, -0.25) is 9.80 Å². The number of rotatable bonds is 4. The average molecular weight is 539 g/mol. The summed E-state index contributed by atoms with van der Waals surface area (Å²) in [5.74, 6) is -0.848. The molecule has 2 fully saturated rings. The van der Waals surface area contributed by atoms with Crippen molar-refractivity contribution in [2.75, 3.05) is 26.0 Å². The largest absolute Gasteiger partial charge is 0.465 e. The molecule has 12 heteroatoms. The molecule has 0 bridgehead atoms. The van der Waals surface area contributed by atoms with Crippen molar-refractivity contribution in [2.24, 2.45) is 5.92 Å². The second kappa shape index (κ2) is 9.02. The molecule has 2 aliphatic heterocycles. The minimum absolute atomic E-state index is 0.00933. The molecule has 9 nitrogen and oxygen atoms in total. The van der Waals surface area contributed by atoms with Crippen LogP contribution in [0.3, 0.4) is 0 Å². The molecule has 202 valence electrons. The van der Waals surface area contributed by atoms with Crippen molar-refractivity contribution in [2.45, 2.75) is 63.3 Å². The van der Waals surface area contributed by atoms with E-state index in [0.717, 1.165) is 46.3 Å². The van der Waals surface area contributed by atoms with Crippen LogP contribution < -0.4 is 0 Å². The van der Waals surface area contributed by atoms with Gasteiger partial charge in [0.05, 0.1) is 24.6 Å². The standard InChI is InChI=1S/C25H32F2N4O5S/c1-25(2,3)31(24(32)33)22-9-16(13-36-23(22)17-8-15(26)5-6-20(17)27)29-10-14-7-21-19(18(14)11-29)12-30(28-21)37(4,34)35/h5-6,8,12,14,16,18,22-23H,7,9-11,13H2,1-4H3,(H,32,33)/t14?,16-,18?,22+,23-/m1/s1. The van der Waals surface area contributed by atoms with Crippen LogP contribution in [0.4, 0.5) is 13.6 Å². The van der Waals surface area contributed by atoms with Crippen molar-refractivity contribution >= 4 is 16.1 Å². The van der Waals surface area contributed by atoms with Crippen molar-refractivity contribution in [3.05, 3.63) is 52.9 Å². The van der Waals surface area contributed by atoms with Crippen molar-refractivity contribution in [1.29, 1.82) is 0 Å². The number of fused-ring (bicyclic) bond motifs is 3. The number of ether oxygens (including phenoxy) is 1. The lowest BCUT2D eigenvalue weighted by atomic mass is 9.88. The molecule has 0 saturated carbocycles. The number of halogens is 2. The minimum atomic E-state index is -3.47. The third-order valence-corrected chi connectivity index (χ3v) is 8.71. The number of carbonyl (C=O) groups is 1. The Kier molecular flexibility index (Phi) is 6.35. The Hall–Kier alpha value is -2.57. The normalized spacial score (nSPS) is 28.2. The van der Waals surface area contributed by atoms with Gasteiger partial charge in [0.2, 0.25) is 0 Å². The highest BCUT2D eigenvalue weighted by Crippen LogP contribution is 2.45. The van der Waals surface area contributed by atoms with E-state index in [9.17, 15) is 27.1 Å². The third kappa shape index (κ3) is 4.74. The van der Waals surface area contributed by atoms with E-state index < -0.39 is 45.4 Å². The Balaban J connectivity index is 1.41. The van der Waals surface area contributed by atoms with Crippen LogP contribution in [0.15, 0.2) is 24.4 Å². The summed E-state index contributed by atoms with van der Waals surface area (Å²) in [5.41, 5.74) is 0.951. The summed E-state index contributed by atoms with van der Waals surface area (Å²) < 4.78 is 59.9. The SMILES string of the molecule is CC(C)(C)N(C(=O)O)[C@H]1C[C@@H](N2CC3Cc4nn(S(C)(=O)=O)cc4C3C2)CO[C@@H]1c1cc(F)ccc1F. The molecule has 1 N–H and O–H groups in total. The topological polar surface area (TPSA) is 105 Å². The highest BCUT2D eigenvalue weighted by Gasteiger charge is 2.49. The summed E-state index contributed by atoms with van der Waals surface area (Å²) in [7, 11) is -3.47. The van der Waals surface area contributed by atoms with Crippen LogP contribution in [-0.2, 0) is 21.2 Å². The molecule has 5 rings (SSSR count). The van der Waals surface area contributed by atoms with E-state index in [1.165, 1.54) is 4.90 Å². The van der Waals surface area contributed by atoms with Gasteiger partial charge >= 0.3 is 6.09 Å². The highest BCUT2D eigenvalue weighted by atomic mass is 32.2. The first-order valence-electron chi connectivity index (χ1n) is 12.4. The maximum Gasteiger partial charge on any atom is 0.408 e. The van der Waals surface area contributed by atoms with Gasteiger partial charge in [0.15, 0.2) is 0 Å². The minimum Gasteiger partial charge on any atom is -0.465 e. The fourth-order valence-corrected chi connectivity index (χ4v) is 6.85. The third-order valence-electron chi connectivity index (χ3n) is 7.84. The van der Waals surface area contributed by atoms with Gasteiger partial charge in [0, 0.05) is 42.3 Å². The Morgan fingerprint density at radius 1 is 1.22 bits per heavy atom. The first-order chi connectivity index (χ1) is 17.2. The van der Waals surface area contributed by atoms with E-state index in [-0.39, 0.29) is 30.0 Å². The van der Waals surface area contributed by atoms with E-state index in [2.05, 4.69) is 10.00 Å². The Morgan fingerprint density at radius 2 is 1.95 bits per heavy atom. The summed E-state index contributed by atoms with van der Waals surface area (Å²) in [6, 6.07) is 2.27.